The van der Waals surface area contributed by atoms with Gasteiger partial charge in [-0.05, 0) is 24.6 Å². The number of methoxy groups -OCH3 is 2. The third-order valence-electron chi connectivity index (χ3n) is 3.72. The van der Waals surface area contributed by atoms with Gasteiger partial charge in [0, 0.05) is 17.8 Å². The van der Waals surface area contributed by atoms with Gasteiger partial charge in [0.05, 0.1) is 31.9 Å². The van der Waals surface area contributed by atoms with E-state index in [1.807, 2.05) is 0 Å². The first-order valence-corrected chi connectivity index (χ1v) is 7.49. The zero-order valence-corrected chi connectivity index (χ0v) is 14.0. The van der Waals surface area contributed by atoms with Gasteiger partial charge in [0.25, 0.3) is 0 Å². The summed E-state index contributed by atoms with van der Waals surface area (Å²) in [5.41, 5.74) is 1.71. The van der Waals surface area contributed by atoms with Crippen LogP contribution in [0.25, 0.3) is 0 Å². The minimum absolute atomic E-state index is 0.285. The second kappa shape index (κ2) is 7.48. The van der Waals surface area contributed by atoms with Crippen molar-refractivity contribution in [1.82, 2.24) is 10.2 Å². The van der Waals surface area contributed by atoms with Crippen molar-refractivity contribution >= 4 is 23.6 Å². The quantitative estimate of drug-likeness (QED) is 0.838. The lowest BCUT2D eigenvalue weighted by Crippen LogP contribution is -2.48. The first-order chi connectivity index (χ1) is 11.0. The van der Waals surface area contributed by atoms with Crippen molar-refractivity contribution in [2.24, 2.45) is 0 Å². The summed E-state index contributed by atoms with van der Waals surface area (Å²) in [4.78, 5) is 26.1. The molecule has 1 atom stereocenters. The van der Waals surface area contributed by atoms with Crippen molar-refractivity contribution in [2.75, 3.05) is 27.4 Å². The van der Waals surface area contributed by atoms with Gasteiger partial charge in [0.15, 0.2) is 0 Å². The summed E-state index contributed by atoms with van der Waals surface area (Å²) in [5, 5.41) is 3.42. The van der Waals surface area contributed by atoms with Crippen molar-refractivity contribution in [1.29, 1.82) is 0 Å². The molecule has 0 saturated carbocycles. The molecule has 6 nitrogen and oxygen atoms in total. The van der Waals surface area contributed by atoms with Gasteiger partial charge in [-0.2, -0.15) is 0 Å². The number of urea groups is 1. The molecule has 124 valence electrons. The number of ether oxygens (including phenoxy) is 2. The smallest absolute Gasteiger partial charge is 0.337 e. The van der Waals surface area contributed by atoms with E-state index in [0.717, 1.165) is 5.56 Å². The van der Waals surface area contributed by atoms with Crippen molar-refractivity contribution in [3.05, 3.63) is 46.1 Å². The molecule has 23 heavy (non-hydrogen) atoms. The fourth-order valence-electron chi connectivity index (χ4n) is 2.51. The van der Waals surface area contributed by atoms with E-state index in [-0.39, 0.29) is 6.03 Å². The normalized spacial score (nSPS) is 18.0. The second-order valence-corrected chi connectivity index (χ2v) is 5.51. The van der Waals surface area contributed by atoms with E-state index in [2.05, 4.69) is 5.32 Å². The first kappa shape index (κ1) is 17.3. The number of carbonyl (C=O) groups excluding carboxylic acids is 2. The summed E-state index contributed by atoms with van der Waals surface area (Å²) in [7, 11) is 2.87. The Labute approximate surface area is 140 Å². The Balaban J connectivity index is 2.45. The van der Waals surface area contributed by atoms with Crippen LogP contribution in [0, 0.1) is 0 Å². The lowest BCUT2D eigenvalue weighted by molar-refractivity contribution is -0.136. The van der Waals surface area contributed by atoms with Crippen LogP contribution in [0.2, 0.25) is 5.02 Å². The molecular formula is C16H19ClN2O4. The largest absolute Gasteiger partial charge is 0.466 e. The summed E-state index contributed by atoms with van der Waals surface area (Å²) in [6, 6.07) is 6.11. The van der Waals surface area contributed by atoms with Crippen molar-refractivity contribution in [3.8, 4) is 0 Å². The van der Waals surface area contributed by atoms with Crippen LogP contribution in [-0.2, 0) is 14.3 Å². The molecular weight excluding hydrogens is 320 g/mol. The molecule has 0 spiro atoms. The van der Waals surface area contributed by atoms with Gasteiger partial charge in [-0.15, -0.1) is 0 Å². The molecule has 2 amide bonds. The van der Waals surface area contributed by atoms with Gasteiger partial charge in [-0.3, -0.25) is 4.90 Å². The van der Waals surface area contributed by atoms with Crippen LogP contribution in [0.15, 0.2) is 35.5 Å². The highest BCUT2D eigenvalue weighted by atomic mass is 35.5. The number of halogens is 1. The Bertz CT molecular complexity index is 627. The van der Waals surface area contributed by atoms with Gasteiger partial charge < -0.3 is 14.8 Å². The number of allylic oxidation sites excluding steroid dienone is 1. The minimum atomic E-state index is -0.578. The Hall–Kier alpha value is -2.05. The molecule has 1 N–H and O–H groups in total. The van der Waals surface area contributed by atoms with E-state index in [1.165, 1.54) is 12.0 Å². The maximum absolute atomic E-state index is 12.4. The maximum atomic E-state index is 12.4. The number of rotatable bonds is 5. The number of nitrogens with zero attached hydrogens (tertiary/aromatic N) is 1. The maximum Gasteiger partial charge on any atom is 0.337 e. The predicted molar refractivity (Wildman–Crippen MR) is 86.0 cm³/mol. The number of hydrogen-bond acceptors (Lipinski definition) is 4. The van der Waals surface area contributed by atoms with E-state index >= 15 is 0 Å². The molecule has 0 aromatic heterocycles. The highest BCUT2D eigenvalue weighted by molar-refractivity contribution is 6.30. The molecule has 1 heterocycles. The summed E-state index contributed by atoms with van der Waals surface area (Å²) in [6.07, 6.45) is 0. The SMILES string of the molecule is COCCN1C(=O)N[C@@H](c2ccc(Cl)cc2)C(C(=O)OC)=C1C. The number of carbonyl (C=O) groups is 2. The molecule has 0 saturated heterocycles. The standard InChI is InChI=1S/C16H19ClN2O4/c1-10-13(15(20)23-3)14(11-4-6-12(17)7-5-11)18-16(21)19(10)8-9-22-2/h4-7,14H,8-9H2,1-3H3,(H,18,21)/t14-/m0/s1. The number of nitrogens with one attached hydrogen (secondary N) is 1. The van der Waals surface area contributed by atoms with Crippen LogP contribution in [0.4, 0.5) is 4.79 Å². The molecule has 0 aliphatic carbocycles. The average Bonchev–Trinajstić information content (AvgIpc) is 2.54. The summed E-state index contributed by atoms with van der Waals surface area (Å²) >= 11 is 5.90. The van der Waals surface area contributed by atoms with Crippen LogP contribution >= 0.6 is 11.6 Å². The van der Waals surface area contributed by atoms with E-state index in [4.69, 9.17) is 21.1 Å². The average molecular weight is 339 g/mol. The lowest BCUT2D eigenvalue weighted by atomic mass is 9.95. The Morgan fingerprint density at radius 1 is 1.30 bits per heavy atom. The number of hydrogen-bond donors (Lipinski definition) is 1. The van der Waals surface area contributed by atoms with Crippen LogP contribution in [0.3, 0.4) is 0 Å². The molecule has 0 unspecified atom stereocenters. The highest BCUT2D eigenvalue weighted by Gasteiger charge is 2.35. The van der Waals surface area contributed by atoms with Crippen LogP contribution in [-0.4, -0.2) is 44.3 Å². The summed E-state index contributed by atoms with van der Waals surface area (Å²) < 4.78 is 9.90. The van der Waals surface area contributed by atoms with Crippen molar-refractivity contribution in [2.45, 2.75) is 13.0 Å². The molecule has 1 aliphatic rings. The van der Waals surface area contributed by atoms with E-state index < -0.39 is 12.0 Å². The van der Waals surface area contributed by atoms with Crippen LogP contribution in [0.1, 0.15) is 18.5 Å². The molecule has 7 heteroatoms. The summed E-state index contributed by atoms with van der Waals surface area (Å²) in [6.45, 7) is 2.44. The Morgan fingerprint density at radius 3 is 2.52 bits per heavy atom. The third kappa shape index (κ3) is 3.65. The second-order valence-electron chi connectivity index (χ2n) is 5.07. The number of amides is 2. The zero-order valence-electron chi connectivity index (χ0n) is 13.3. The van der Waals surface area contributed by atoms with Gasteiger partial charge >= 0.3 is 12.0 Å². The van der Waals surface area contributed by atoms with E-state index in [0.29, 0.717) is 29.4 Å². The molecule has 2 rings (SSSR count). The van der Waals surface area contributed by atoms with Gasteiger partial charge in [0.2, 0.25) is 0 Å². The number of benzene rings is 1. The van der Waals surface area contributed by atoms with Crippen LogP contribution < -0.4 is 5.32 Å². The molecule has 0 radical (unpaired) electrons. The van der Waals surface area contributed by atoms with Crippen molar-refractivity contribution in [3.63, 3.8) is 0 Å². The van der Waals surface area contributed by atoms with Crippen molar-refractivity contribution < 1.29 is 19.1 Å². The third-order valence-corrected chi connectivity index (χ3v) is 3.98. The van der Waals surface area contributed by atoms with Gasteiger partial charge in [-0.25, -0.2) is 9.59 Å². The number of esters is 1. The van der Waals surface area contributed by atoms with Gasteiger partial charge in [-0.1, -0.05) is 23.7 Å². The Kier molecular flexibility index (Phi) is 5.63. The van der Waals surface area contributed by atoms with Crippen LogP contribution in [0.5, 0.6) is 0 Å². The molecule has 1 aromatic carbocycles. The topological polar surface area (TPSA) is 67.9 Å². The highest BCUT2D eigenvalue weighted by Crippen LogP contribution is 2.31. The fourth-order valence-corrected chi connectivity index (χ4v) is 2.64. The van der Waals surface area contributed by atoms with E-state index in [1.54, 1.807) is 38.3 Å². The lowest BCUT2D eigenvalue weighted by Gasteiger charge is -2.35. The predicted octanol–water partition coefficient (Wildman–Crippen LogP) is 2.50. The molecule has 1 aromatic rings. The van der Waals surface area contributed by atoms with Gasteiger partial charge in [0.1, 0.15) is 0 Å². The molecule has 0 fully saturated rings. The summed E-state index contributed by atoms with van der Waals surface area (Å²) in [5.74, 6) is -0.482. The molecule has 1 aliphatic heterocycles. The monoisotopic (exact) mass is 338 g/mol. The Morgan fingerprint density at radius 2 is 1.96 bits per heavy atom. The van der Waals surface area contributed by atoms with E-state index in [9.17, 15) is 9.59 Å². The first-order valence-electron chi connectivity index (χ1n) is 7.11. The molecule has 0 bridgehead atoms. The fraction of sp³-hybridized carbons (Fsp3) is 0.375. The zero-order chi connectivity index (χ0) is 17.0. The minimum Gasteiger partial charge on any atom is -0.466 e.